The summed E-state index contributed by atoms with van der Waals surface area (Å²) in [5.41, 5.74) is 8.60. The molecule has 0 amide bonds. The molecule has 0 bridgehead atoms. The summed E-state index contributed by atoms with van der Waals surface area (Å²) in [4.78, 5) is 4.27. The number of aromatic nitrogens is 1. The van der Waals surface area contributed by atoms with Gasteiger partial charge in [0.2, 0.25) is 10.0 Å². The number of nitrogen functional groups attached to an aromatic ring is 1. The average Bonchev–Trinajstić information content (AvgIpc) is 2.82. The first-order valence-electron chi connectivity index (χ1n) is 5.30. The molecule has 0 saturated heterocycles. The molecule has 2 rings (SSSR count). The monoisotopic (exact) mass is 283 g/mol. The molecule has 0 fully saturated rings. The van der Waals surface area contributed by atoms with Crippen LogP contribution in [0.4, 0.5) is 5.69 Å². The highest BCUT2D eigenvalue weighted by Gasteiger charge is 2.13. The van der Waals surface area contributed by atoms with Crippen LogP contribution < -0.4 is 10.5 Å². The molecule has 0 aliphatic carbocycles. The van der Waals surface area contributed by atoms with Crippen LogP contribution in [-0.2, 0) is 16.4 Å². The molecule has 96 valence electrons. The molecule has 3 N–H and O–H groups in total. The van der Waals surface area contributed by atoms with Crippen molar-refractivity contribution in [1.82, 2.24) is 9.71 Å². The zero-order valence-corrected chi connectivity index (χ0v) is 11.2. The van der Waals surface area contributed by atoms with Gasteiger partial charge in [-0.25, -0.2) is 18.1 Å². The van der Waals surface area contributed by atoms with Gasteiger partial charge in [0.05, 0.1) is 16.1 Å². The first-order valence-corrected chi connectivity index (χ1v) is 7.73. The molecule has 7 heteroatoms. The Morgan fingerprint density at radius 3 is 2.89 bits per heavy atom. The minimum Gasteiger partial charge on any atom is -0.399 e. The summed E-state index contributed by atoms with van der Waals surface area (Å²) in [6.45, 7) is 0.320. The first kappa shape index (κ1) is 13.0. The van der Waals surface area contributed by atoms with E-state index in [9.17, 15) is 8.42 Å². The average molecular weight is 283 g/mol. The summed E-state index contributed by atoms with van der Waals surface area (Å²) in [7, 11) is -3.49. The number of sulfonamides is 1. The Kier molecular flexibility index (Phi) is 3.95. The lowest BCUT2D eigenvalue weighted by molar-refractivity contribution is 0.581. The van der Waals surface area contributed by atoms with E-state index in [1.165, 1.54) is 23.5 Å². The molecule has 1 aromatic carbocycles. The Bertz CT molecular complexity index is 609. The molecule has 0 spiro atoms. The van der Waals surface area contributed by atoms with Gasteiger partial charge in [-0.1, -0.05) is 6.07 Å². The number of nitrogens with zero attached hydrogens (tertiary/aromatic N) is 1. The smallest absolute Gasteiger partial charge is 0.240 e. The van der Waals surface area contributed by atoms with Crippen molar-refractivity contribution >= 4 is 27.0 Å². The molecule has 1 aromatic heterocycles. The van der Waals surface area contributed by atoms with Gasteiger partial charge in [0.25, 0.3) is 0 Å². The van der Waals surface area contributed by atoms with E-state index in [0.29, 0.717) is 18.7 Å². The van der Waals surface area contributed by atoms with Crippen molar-refractivity contribution in [2.45, 2.75) is 11.3 Å². The van der Waals surface area contributed by atoms with Crippen LogP contribution in [-0.4, -0.2) is 19.9 Å². The van der Waals surface area contributed by atoms with Crippen LogP contribution in [0.5, 0.6) is 0 Å². The van der Waals surface area contributed by atoms with Gasteiger partial charge in [0.1, 0.15) is 0 Å². The second-order valence-corrected chi connectivity index (χ2v) is 6.19. The van der Waals surface area contributed by atoms with Crippen LogP contribution in [0.3, 0.4) is 0 Å². The van der Waals surface area contributed by atoms with Crippen LogP contribution in [0.1, 0.15) is 5.69 Å². The van der Waals surface area contributed by atoms with E-state index in [0.717, 1.165) is 5.69 Å². The molecule has 0 saturated carbocycles. The molecule has 1 heterocycles. The van der Waals surface area contributed by atoms with Crippen molar-refractivity contribution in [3.63, 3.8) is 0 Å². The second-order valence-electron chi connectivity index (χ2n) is 3.70. The lowest BCUT2D eigenvalue weighted by atomic mass is 10.3. The van der Waals surface area contributed by atoms with Crippen LogP contribution in [0, 0.1) is 0 Å². The Balaban J connectivity index is 1.99. The van der Waals surface area contributed by atoms with Crippen molar-refractivity contribution < 1.29 is 8.42 Å². The molecule has 0 atom stereocenters. The van der Waals surface area contributed by atoms with Gasteiger partial charge in [0, 0.05) is 24.0 Å². The fraction of sp³-hybridized carbons (Fsp3) is 0.182. The Hall–Kier alpha value is -1.44. The van der Waals surface area contributed by atoms with E-state index in [1.54, 1.807) is 17.6 Å². The normalized spacial score (nSPS) is 11.6. The Morgan fingerprint density at radius 1 is 1.39 bits per heavy atom. The quantitative estimate of drug-likeness (QED) is 0.809. The summed E-state index contributed by atoms with van der Waals surface area (Å²) in [6.07, 6.45) is 0.574. The fourth-order valence-corrected chi connectivity index (χ4v) is 3.12. The molecular weight excluding hydrogens is 270 g/mol. The summed E-state index contributed by atoms with van der Waals surface area (Å²) >= 11 is 1.49. The topological polar surface area (TPSA) is 85.1 Å². The van der Waals surface area contributed by atoms with Crippen molar-refractivity contribution in [2.75, 3.05) is 12.3 Å². The molecule has 18 heavy (non-hydrogen) atoms. The van der Waals surface area contributed by atoms with Crippen molar-refractivity contribution in [1.29, 1.82) is 0 Å². The van der Waals surface area contributed by atoms with Crippen LogP contribution >= 0.6 is 11.3 Å². The van der Waals surface area contributed by atoms with Crippen molar-refractivity contribution in [3.05, 3.63) is 40.8 Å². The SMILES string of the molecule is Nc1cccc(S(=O)(=O)NCCc2cscn2)c1. The van der Waals surface area contributed by atoms with Gasteiger partial charge < -0.3 is 5.73 Å². The number of benzene rings is 1. The Morgan fingerprint density at radius 2 is 2.22 bits per heavy atom. The predicted octanol–water partition coefficient (Wildman–Crippen LogP) is 1.25. The summed E-state index contributed by atoms with van der Waals surface area (Å²) in [5, 5.41) is 1.90. The number of hydrogen-bond acceptors (Lipinski definition) is 5. The zero-order chi connectivity index (χ0) is 13.0. The van der Waals surface area contributed by atoms with Gasteiger partial charge in [-0.2, -0.15) is 0 Å². The molecule has 0 radical (unpaired) electrons. The second kappa shape index (κ2) is 5.47. The number of hydrogen-bond donors (Lipinski definition) is 2. The van der Waals surface area contributed by atoms with E-state index in [2.05, 4.69) is 9.71 Å². The number of thiazole rings is 1. The molecular formula is C11H13N3O2S2. The molecule has 5 nitrogen and oxygen atoms in total. The highest BCUT2D eigenvalue weighted by Crippen LogP contribution is 2.12. The lowest BCUT2D eigenvalue weighted by Gasteiger charge is -2.06. The maximum Gasteiger partial charge on any atom is 0.240 e. The lowest BCUT2D eigenvalue weighted by Crippen LogP contribution is -2.26. The number of nitrogens with two attached hydrogens (primary N) is 1. The molecule has 0 aliphatic rings. The highest BCUT2D eigenvalue weighted by atomic mass is 32.2. The van der Waals surface area contributed by atoms with E-state index in [4.69, 9.17) is 5.73 Å². The van der Waals surface area contributed by atoms with Gasteiger partial charge in [-0.3, -0.25) is 0 Å². The molecule has 0 unspecified atom stereocenters. The van der Waals surface area contributed by atoms with Gasteiger partial charge in [-0.15, -0.1) is 11.3 Å². The zero-order valence-electron chi connectivity index (χ0n) is 9.54. The first-order chi connectivity index (χ1) is 8.58. The number of rotatable bonds is 5. The highest BCUT2D eigenvalue weighted by molar-refractivity contribution is 7.89. The number of anilines is 1. The minimum atomic E-state index is -3.49. The molecule has 0 aliphatic heterocycles. The van der Waals surface area contributed by atoms with Gasteiger partial charge in [-0.05, 0) is 18.2 Å². The minimum absolute atomic E-state index is 0.181. The van der Waals surface area contributed by atoms with E-state index < -0.39 is 10.0 Å². The molecule has 2 aromatic rings. The standard InChI is InChI=1S/C11H13N3O2S2/c12-9-2-1-3-11(6-9)18(15,16)14-5-4-10-7-17-8-13-10/h1-3,6-8,14H,4-5,12H2. The van der Waals surface area contributed by atoms with Crippen molar-refractivity contribution in [3.8, 4) is 0 Å². The summed E-state index contributed by atoms with van der Waals surface area (Å²) < 4.78 is 26.4. The third-order valence-corrected chi connectivity index (χ3v) is 4.42. The van der Waals surface area contributed by atoms with E-state index in [-0.39, 0.29) is 4.90 Å². The number of nitrogens with one attached hydrogen (secondary N) is 1. The Labute approximate surface area is 110 Å². The third-order valence-electron chi connectivity index (χ3n) is 2.33. The van der Waals surface area contributed by atoms with Gasteiger partial charge in [0.15, 0.2) is 0 Å². The van der Waals surface area contributed by atoms with E-state index in [1.807, 2.05) is 5.38 Å². The van der Waals surface area contributed by atoms with Gasteiger partial charge >= 0.3 is 0 Å². The largest absolute Gasteiger partial charge is 0.399 e. The van der Waals surface area contributed by atoms with Crippen LogP contribution in [0.15, 0.2) is 40.1 Å². The maximum absolute atomic E-state index is 11.9. The van der Waals surface area contributed by atoms with E-state index >= 15 is 0 Å². The fourth-order valence-electron chi connectivity index (χ4n) is 1.44. The summed E-state index contributed by atoms with van der Waals surface area (Å²) in [6, 6.07) is 6.21. The maximum atomic E-state index is 11.9. The van der Waals surface area contributed by atoms with Crippen LogP contribution in [0.2, 0.25) is 0 Å². The summed E-state index contributed by atoms with van der Waals surface area (Å²) in [5.74, 6) is 0. The third kappa shape index (κ3) is 3.28. The van der Waals surface area contributed by atoms with Crippen molar-refractivity contribution in [2.24, 2.45) is 0 Å². The van der Waals surface area contributed by atoms with Crippen LogP contribution in [0.25, 0.3) is 0 Å². The predicted molar refractivity (Wildman–Crippen MR) is 71.9 cm³/mol.